The van der Waals surface area contributed by atoms with Gasteiger partial charge in [0.15, 0.2) is 0 Å². The molecule has 0 N–H and O–H groups in total. The van der Waals surface area contributed by atoms with Crippen LogP contribution in [0.25, 0.3) is 0 Å². The molecule has 0 aromatic rings. The van der Waals surface area contributed by atoms with Gasteiger partial charge in [-0.05, 0) is 6.42 Å². The highest BCUT2D eigenvalue weighted by molar-refractivity contribution is 5.75. The van der Waals surface area contributed by atoms with Gasteiger partial charge in [-0.2, -0.15) is 0 Å². The molecule has 1 rings (SSSR count). The fourth-order valence-electron chi connectivity index (χ4n) is 0.393. The molecule has 0 bridgehead atoms. The third kappa shape index (κ3) is 1.63. The lowest BCUT2D eigenvalue weighted by Gasteiger charge is -1.57. The minimum Gasteiger partial charge on any atom is -0.0808 e. The van der Waals surface area contributed by atoms with Gasteiger partial charge in [0, 0.05) is 0 Å². The van der Waals surface area contributed by atoms with Crippen LogP contribution in [0.5, 0.6) is 0 Å². The molecule has 0 saturated carbocycles. The third-order valence-electron chi connectivity index (χ3n) is 0.655. The van der Waals surface area contributed by atoms with E-state index in [0.717, 1.165) is 6.42 Å². The van der Waals surface area contributed by atoms with Crippen LogP contribution in [0.3, 0.4) is 0 Å². The summed E-state index contributed by atoms with van der Waals surface area (Å²) >= 11 is 0. The molecule has 0 aromatic carbocycles. The maximum Gasteiger partial charge on any atom is 0.316 e. The van der Waals surface area contributed by atoms with Crippen LogP contribution in [0.15, 0.2) is 24.3 Å². The van der Waals surface area contributed by atoms with Crippen molar-refractivity contribution >= 4 is 23.1 Å². The maximum atomic E-state index is 2.12. The lowest BCUT2D eigenvalue weighted by Crippen LogP contribution is -1.37. The van der Waals surface area contributed by atoms with E-state index >= 15 is 0 Å². The molecule has 0 saturated heterocycles. The van der Waals surface area contributed by atoms with Crippen LogP contribution in [-0.2, 0) is 0 Å². The van der Waals surface area contributed by atoms with Crippen molar-refractivity contribution in [1.29, 1.82) is 0 Å². The first-order valence-corrected chi connectivity index (χ1v) is 1.82. The van der Waals surface area contributed by atoms with Crippen molar-refractivity contribution in [1.82, 2.24) is 0 Å². The zero-order valence-corrected chi connectivity index (χ0v) is 3.02. The second-order valence-corrected chi connectivity index (χ2v) is 1.09. The van der Waals surface area contributed by atoms with E-state index in [1.54, 1.807) is 0 Å². The summed E-state index contributed by atoms with van der Waals surface area (Å²) in [5.74, 6) is 0. The molecule has 0 heterocycles. The highest BCUT2D eigenvalue weighted by Crippen LogP contribution is 1.93. The molecule has 1 heteroatoms. The molecule has 1 aliphatic rings. The van der Waals surface area contributed by atoms with E-state index in [2.05, 4.69) is 24.3 Å². The lowest BCUT2D eigenvalue weighted by molar-refractivity contribution is 1.45. The van der Waals surface area contributed by atoms with Crippen LogP contribution in [0.4, 0.5) is 0 Å². The summed E-state index contributed by atoms with van der Waals surface area (Å²) in [5, 5.41) is 0. The molecule has 1 aliphatic carbocycles. The monoisotopic (exact) mass is 92.0 g/mol. The van der Waals surface area contributed by atoms with Crippen LogP contribution in [-0.4, -0.2) is 23.1 Å². The molecule has 0 radical (unpaired) electrons. The quantitative estimate of drug-likeness (QED) is 0.384. The van der Waals surface area contributed by atoms with Gasteiger partial charge in [-0.25, -0.2) is 0 Å². The summed E-state index contributed by atoms with van der Waals surface area (Å²) in [6.07, 6.45) is 9.50. The van der Waals surface area contributed by atoms with E-state index in [4.69, 9.17) is 0 Å². The first kappa shape index (κ1) is 6.25. The Morgan fingerprint density at radius 3 is 1.67 bits per heavy atom. The first-order chi connectivity index (χ1) is 2.50. The molecule has 0 spiro atoms. The summed E-state index contributed by atoms with van der Waals surface area (Å²) in [6.45, 7) is 0. The zero-order valence-electron chi connectivity index (χ0n) is 3.02. The SMILES string of the molecule is C1=CCC=C1.[MgH2]. The fourth-order valence-corrected chi connectivity index (χ4v) is 0.393. The Hall–Kier alpha value is 0.246. The fraction of sp³-hybridized carbons (Fsp3) is 0.200. The summed E-state index contributed by atoms with van der Waals surface area (Å²) in [4.78, 5) is 0. The minimum atomic E-state index is 0. The van der Waals surface area contributed by atoms with Crippen molar-refractivity contribution in [2.24, 2.45) is 0 Å². The normalized spacial score (nSPS) is 14.7. The molecule has 30 valence electrons. The molecule has 0 atom stereocenters. The van der Waals surface area contributed by atoms with E-state index in [9.17, 15) is 0 Å². The second-order valence-electron chi connectivity index (χ2n) is 1.09. The predicted octanol–water partition coefficient (Wildman–Crippen LogP) is 0.586. The topological polar surface area (TPSA) is 0 Å². The highest BCUT2D eigenvalue weighted by Gasteiger charge is 1.72. The summed E-state index contributed by atoms with van der Waals surface area (Å²) < 4.78 is 0. The Balaban J connectivity index is 0.000000250. The molecule has 0 unspecified atom stereocenters. The number of hydrogen-bond acceptors (Lipinski definition) is 0. The molecule has 0 amide bonds. The number of allylic oxidation sites excluding steroid dienone is 4. The van der Waals surface area contributed by atoms with Crippen LogP contribution in [0.2, 0.25) is 0 Å². The van der Waals surface area contributed by atoms with Crippen molar-refractivity contribution in [2.75, 3.05) is 0 Å². The number of rotatable bonds is 0. The molecule has 0 nitrogen and oxygen atoms in total. The van der Waals surface area contributed by atoms with Gasteiger partial charge in [-0.1, -0.05) is 24.3 Å². The molecular weight excluding hydrogens is 84.4 g/mol. The Bertz CT molecular complexity index is 62.0. The Kier molecular flexibility index (Phi) is 3.58. The highest BCUT2D eigenvalue weighted by atomic mass is 24.3. The molecule has 0 aromatic heterocycles. The summed E-state index contributed by atoms with van der Waals surface area (Å²) in [6, 6.07) is 0. The van der Waals surface area contributed by atoms with Crippen molar-refractivity contribution in [3.63, 3.8) is 0 Å². The standard InChI is InChI=1S/C5H6.Mg.2H/c1-2-4-5-3-1;;;/h1-4H,5H2;;;. The van der Waals surface area contributed by atoms with Crippen molar-refractivity contribution in [3.8, 4) is 0 Å². The van der Waals surface area contributed by atoms with Gasteiger partial charge in [0.05, 0.1) is 0 Å². The maximum absolute atomic E-state index is 2.12. The van der Waals surface area contributed by atoms with Crippen LogP contribution in [0, 0.1) is 0 Å². The Labute approximate surface area is 54.1 Å². The van der Waals surface area contributed by atoms with E-state index in [-0.39, 0.29) is 23.1 Å². The van der Waals surface area contributed by atoms with Crippen LogP contribution in [0.1, 0.15) is 6.42 Å². The molecular formula is C5H8Mg. The smallest absolute Gasteiger partial charge is 0.0808 e. The summed E-state index contributed by atoms with van der Waals surface area (Å²) in [7, 11) is 0. The average molecular weight is 92.4 g/mol. The third-order valence-corrected chi connectivity index (χ3v) is 0.655. The largest absolute Gasteiger partial charge is 0.316 e. The summed E-state index contributed by atoms with van der Waals surface area (Å²) in [5.41, 5.74) is 0. The van der Waals surface area contributed by atoms with E-state index in [1.165, 1.54) is 0 Å². The van der Waals surface area contributed by atoms with E-state index in [1.807, 2.05) is 0 Å². The zero-order chi connectivity index (χ0) is 3.54. The van der Waals surface area contributed by atoms with Crippen molar-refractivity contribution < 1.29 is 0 Å². The van der Waals surface area contributed by atoms with Gasteiger partial charge < -0.3 is 0 Å². The van der Waals surface area contributed by atoms with Crippen LogP contribution < -0.4 is 0 Å². The van der Waals surface area contributed by atoms with Gasteiger partial charge in [0.25, 0.3) is 0 Å². The Morgan fingerprint density at radius 2 is 1.50 bits per heavy atom. The van der Waals surface area contributed by atoms with Gasteiger partial charge >= 0.3 is 23.1 Å². The van der Waals surface area contributed by atoms with Crippen LogP contribution >= 0.6 is 0 Å². The lowest BCUT2D eigenvalue weighted by atomic mass is 10.5. The molecule has 0 fully saturated rings. The first-order valence-electron chi connectivity index (χ1n) is 1.82. The number of hydrogen-bond donors (Lipinski definition) is 0. The minimum absolute atomic E-state index is 0. The van der Waals surface area contributed by atoms with E-state index < -0.39 is 0 Å². The molecule has 0 aliphatic heterocycles. The van der Waals surface area contributed by atoms with Gasteiger partial charge in [0.2, 0.25) is 0 Å². The predicted molar refractivity (Wildman–Crippen MR) is 31.4 cm³/mol. The van der Waals surface area contributed by atoms with Gasteiger partial charge in [-0.3, -0.25) is 0 Å². The van der Waals surface area contributed by atoms with Crippen molar-refractivity contribution in [2.45, 2.75) is 6.42 Å². The van der Waals surface area contributed by atoms with Gasteiger partial charge in [-0.15, -0.1) is 0 Å². The average Bonchev–Trinajstić information content (AvgIpc) is 1.76. The second kappa shape index (κ2) is 3.44. The molecule has 6 heavy (non-hydrogen) atoms. The Morgan fingerprint density at radius 1 is 1.00 bits per heavy atom. The van der Waals surface area contributed by atoms with Crippen molar-refractivity contribution in [3.05, 3.63) is 24.3 Å². The van der Waals surface area contributed by atoms with E-state index in [0.29, 0.717) is 0 Å². The van der Waals surface area contributed by atoms with Gasteiger partial charge in [0.1, 0.15) is 0 Å².